The summed E-state index contributed by atoms with van der Waals surface area (Å²) in [4.78, 5) is 8.38. The SMILES string of the molecule is COc1ccc(-c2ccc(CNCCCSc3ncccn3)o2)cc1Cl. The van der Waals surface area contributed by atoms with Crippen molar-refractivity contribution in [3.8, 4) is 17.1 Å². The Balaban J connectivity index is 1.42. The predicted octanol–water partition coefficient (Wildman–Crippen LogP) is 4.67. The van der Waals surface area contributed by atoms with E-state index in [0.717, 1.165) is 41.0 Å². The number of hydrogen-bond donors (Lipinski definition) is 1. The van der Waals surface area contributed by atoms with E-state index in [1.807, 2.05) is 36.4 Å². The monoisotopic (exact) mass is 389 g/mol. The van der Waals surface area contributed by atoms with E-state index in [4.69, 9.17) is 20.8 Å². The van der Waals surface area contributed by atoms with Crippen LogP contribution in [0, 0.1) is 0 Å². The molecule has 0 radical (unpaired) electrons. The van der Waals surface area contributed by atoms with Gasteiger partial charge in [-0.1, -0.05) is 23.4 Å². The lowest BCUT2D eigenvalue weighted by atomic mass is 10.2. The van der Waals surface area contributed by atoms with E-state index in [-0.39, 0.29) is 0 Å². The van der Waals surface area contributed by atoms with Crippen LogP contribution in [-0.2, 0) is 6.54 Å². The van der Waals surface area contributed by atoms with Crippen molar-refractivity contribution >= 4 is 23.4 Å². The van der Waals surface area contributed by atoms with Gasteiger partial charge in [0, 0.05) is 23.7 Å². The van der Waals surface area contributed by atoms with Crippen LogP contribution in [0.5, 0.6) is 5.75 Å². The molecule has 0 aliphatic heterocycles. The Hall–Kier alpha value is -2.02. The summed E-state index contributed by atoms with van der Waals surface area (Å²) in [6.45, 7) is 1.60. The number of thioether (sulfide) groups is 1. The Morgan fingerprint density at radius 1 is 1.19 bits per heavy atom. The molecule has 3 aromatic rings. The van der Waals surface area contributed by atoms with Crippen molar-refractivity contribution in [3.63, 3.8) is 0 Å². The molecule has 7 heteroatoms. The highest BCUT2D eigenvalue weighted by atomic mass is 35.5. The van der Waals surface area contributed by atoms with Gasteiger partial charge in [-0.3, -0.25) is 0 Å². The molecule has 0 saturated carbocycles. The minimum Gasteiger partial charge on any atom is -0.495 e. The number of hydrogen-bond acceptors (Lipinski definition) is 6. The third-order valence-corrected chi connectivity index (χ3v) is 4.93. The first-order valence-corrected chi connectivity index (χ1v) is 9.66. The molecule has 26 heavy (non-hydrogen) atoms. The van der Waals surface area contributed by atoms with Crippen molar-refractivity contribution < 1.29 is 9.15 Å². The lowest BCUT2D eigenvalue weighted by molar-refractivity contribution is 0.415. The number of halogens is 1. The molecule has 0 unspecified atom stereocenters. The number of nitrogens with zero attached hydrogens (tertiary/aromatic N) is 2. The van der Waals surface area contributed by atoms with Gasteiger partial charge in [0.15, 0.2) is 5.16 Å². The maximum absolute atomic E-state index is 6.17. The number of rotatable bonds is 9. The number of ether oxygens (including phenoxy) is 1. The summed E-state index contributed by atoms with van der Waals surface area (Å²) in [5, 5.41) is 4.78. The Morgan fingerprint density at radius 3 is 2.81 bits per heavy atom. The minimum atomic E-state index is 0.570. The summed E-state index contributed by atoms with van der Waals surface area (Å²) < 4.78 is 11.1. The summed E-state index contributed by atoms with van der Waals surface area (Å²) in [6, 6.07) is 11.4. The molecule has 0 amide bonds. The van der Waals surface area contributed by atoms with E-state index in [2.05, 4.69) is 15.3 Å². The summed E-state index contributed by atoms with van der Waals surface area (Å²) >= 11 is 7.84. The van der Waals surface area contributed by atoms with Crippen molar-refractivity contribution in [2.45, 2.75) is 18.1 Å². The van der Waals surface area contributed by atoms with Crippen LogP contribution >= 0.6 is 23.4 Å². The van der Waals surface area contributed by atoms with Crippen molar-refractivity contribution in [2.75, 3.05) is 19.4 Å². The zero-order chi connectivity index (χ0) is 18.2. The summed E-state index contributed by atoms with van der Waals surface area (Å²) in [5.74, 6) is 3.32. The van der Waals surface area contributed by atoms with Gasteiger partial charge in [0.2, 0.25) is 0 Å². The van der Waals surface area contributed by atoms with Crippen molar-refractivity contribution in [1.82, 2.24) is 15.3 Å². The fourth-order valence-electron chi connectivity index (χ4n) is 2.38. The van der Waals surface area contributed by atoms with Crippen LogP contribution in [0.25, 0.3) is 11.3 Å². The van der Waals surface area contributed by atoms with E-state index < -0.39 is 0 Å². The third kappa shape index (κ3) is 5.24. The summed E-state index contributed by atoms with van der Waals surface area (Å²) in [6.07, 6.45) is 4.56. The standard InChI is InChI=1S/C19H20ClN3O2S/c1-24-18-6-4-14(12-16(18)20)17-7-5-15(25-17)13-21-8-3-11-26-19-22-9-2-10-23-19/h2,4-7,9-10,12,21H,3,8,11,13H2,1H3. The molecule has 2 aromatic heterocycles. The van der Waals surface area contributed by atoms with Crippen LogP contribution in [0.4, 0.5) is 0 Å². The fraction of sp³-hybridized carbons (Fsp3) is 0.263. The fourth-order valence-corrected chi connectivity index (χ4v) is 3.38. The second kappa shape index (κ2) is 9.62. The normalized spacial score (nSPS) is 10.8. The van der Waals surface area contributed by atoms with Crippen molar-refractivity contribution in [1.29, 1.82) is 0 Å². The Kier molecular flexibility index (Phi) is 6.94. The number of benzene rings is 1. The topological polar surface area (TPSA) is 60.2 Å². The van der Waals surface area contributed by atoms with Gasteiger partial charge in [-0.15, -0.1) is 0 Å². The maximum atomic E-state index is 6.17. The molecule has 0 atom stereocenters. The number of furan rings is 1. The van der Waals surface area contributed by atoms with Gasteiger partial charge in [-0.2, -0.15) is 0 Å². The van der Waals surface area contributed by atoms with Gasteiger partial charge in [-0.25, -0.2) is 9.97 Å². The highest BCUT2D eigenvalue weighted by molar-refractivity contribution is 7.99. The van der Waals surface area contributed by atoms with E-state index >= 15 is 0 Å². The smallest absolute Gasteiger partial charge is 0.187 e. The molecule has 0 bridgehead atoms. The molecule has 2 heterocycles. The molecule has 0 aliphatic carbocycles. The number of nitrogens with one attached hydrogen (secondary N) is 1. The second-order valence-corrected chi connectivity index (χ2v) is 6.99. The number of methoxy groups -OCH3 is 1. The molecule has 5 nitrogen and oxygen atoms in total. The Bertz CT molecular complexity index is 827. The first-order valence-electron chi connectivity index (χ1n) is 8.29. The molecule has 1 N–H and O–H groups in total. The van der Waals surface area contributed by atoms with Crippen LogP contribution in [0.3, 0.4) is 0 Å². The third-order valence-electron chi connectivity index (χ3n) is 3.67. The lowest BCUT2D eigenvalue weighted by Crippen LogP contribution is -2.14. The van der Waals surface area contributed by atoms with Gasteiger partial charge < -0.3 is 14.5 Å². The van der Waals surface area contributed by atoms with Crippen LogP contribution in [0.1, 0.15) is 12.2 Å². The first-order chi connectivity index (χ1) is 12.8. The molecule has 0 aliphatic rings. The molecule has 0 fully saturated rings. The zero-order valence-corrected chi connectivity index (χ0v) is 16.0. The Labute approximate surface area is 162 Å². The second-order valence-electron chi connectivity index (χ2n) is 5.53. The van der Waals surface area contributed by atoms with Crippen LogP contribution in [-0.4, -0.2) is 29.4 Å². The van der Waals surface area contributed by atoms with Crippen molar-refractivity contribution in [3.05, 3.63) is 59.6 Å². The molecule has 1 aromatic carbocycles. The highest BCUT2D eigenvalue weighted by Gasteiger charge is 2.08. The van der Waals surface area contributed by atoms with Crippen molar-refractivity contribution in [2.24, 2.45) is 0 Å². The molecular weight excluding hydrogens is 370 g/mol. The average molecular weight is 390 g/mol. The quantitative estimate of drug-likeness (QED) is 0.326. The Morgan fingerprint density at radius 2 is 2.04 bits per heavy atom. The minimum absolute atomic E-state index is 0.570. The lowest BCUT2D eigenvalue weighted by Gasteiger charge is -2.05. The molecular formula is C19H20ClN3O2S. The summed E-state index contributed by atoms with van der Waals surface area (Å²) in [7, 11) is 1.60. The molecule has 0 saturated heterocycles. The maximum Gasteiger partial charge on any atom is 0.187 e. The zero-order valence-electron chi connectivity index (χ0n) is 14.4. The average Bonchev–Trinajstić information content (AvgIpc) is 3.14. The van der Waals surface area contributed by atoms with Crippen LogP contribution in [0.2, 0.25) is 5.02 Å². The molecule has 136 valence electrons. The van der Waals surface area contributed by atoms with E-state index in [1.54, 1.807) is 31.3 Å². The largest absolute Gasteiger partial charge is 0.495 e. The van der Waals surface area contributed by atoms with E-state index in [9.17, 15) is 0 Å². The van der Waals surface area contributed by atoms with Gasteiger partial charge in [-0.05, 0) is 49.4 Å². The number of aromatic nitrogens is 2. The predicted molar refractivity (Wildman–Crippen MR) is 105 cm³/mol. The van der Waals surface area contributed by atoms with Gasteiger partial charge in [0.1, 0.15) is 17.3 Å². The molecule has 3 rings (SSSR count). The van der Waals surface area contributed by atoms with Gasteiger partial charge >= 0.3 is 0 Å². The molecule has 0 spiro atoms. The van der Waals surface area contributed by atoms with E-state index in [0.29, 0.717) is 17.3 Å². The van der Waals surface area contributed by atoms with E-state index in [1.165, 1.54) is 0 Å². The van der Waals surface area contributed by atoms with Gasteiger partial charge in [0.05, 0.1) is 18.7 Å². The van der Waals surface area contributed by atoms with Gasteiger partial charge in [0.25, 0.3) is 0 Å². The first kappa shape index (κ1) is 18.8. The van der Waals surface area contributed by atoms with Crippen LogP contribution in [0.15, 0.2) is 58.4 Å². The highest BCUT2D eigenvalue weighted by Crippen LogP contribution is 2.31. The summed E-state index contributed by atoms with van der Waals surface area (Å²) in [5.41, 5.74) is 0.932. The van der Waals surface area contributed by atoms with Crippen LogP contribution < -0.4 is 10.1 Å².